The van der Waals surface area contributed by atoms with Gasteiger partial charge in [0.05, 0.1) is 0 Å². The molecule has 4 nitrogen and oxygen atoms in total. The first-order chi connectivity index (χ1) is 12.3. The Hall–Kier alpha value is -2.02. The van der Waals surface area contributed by atoms with Crippen LogP contribution in [-0.2, 0) is 13.1 Å². The van der Waals surface area contributed by atoms with Crippen LogP contribution in [0.4, 0.5) is 5.69 Å². The van der Waals surface area contributed by atoms with E-state index in [0.717, 1.165) is 32.1 Å². The minimum Gasteiger partial charge on any atom is -0.364 e. The Kier molecular flexibility index (Phi) is 7.97. The van der Waals surface area contributed by atoms with Gasteiger partial charge in [-0.25, -0.2) is 0 Å². The molecule has 0 saturated carbocycles. The molecule has 2 N–H and O–H groups in total. The zero-order chi connectivity index (χ0) is 17.5. The molecule has 0 radical (unpaired) electrons. The predicted molar refractivity (Wildman–Crippen MR) is 121 cm³/mol. The van der Waals surface area contributed by atoms with Crippen LogP contribution in [0.2, 0.25) is 0 Å². The maximum absolute atomic E-state index is 4.32. The lowest BCUT2D eigenvalue weighted by molar-refractivity contribution is 0.806. The molecule has 0 amide bonds. The van der Waals surface area contributed by atoms with Gasteiger partial charge in [-0.15, -0.1) is 24.0 Å². The summed E-state index contributed by atoms with van der Waals surface area (Å²) in [7, 11) is 1.81. The van der Waals surface area contributed by atoms with Crippen LogP contribution in [0.1, 0.15) is 16.7 Å². The van der Waals surface area contributed by atoms with Gasteiger partial charge in [-0.2, -0.15) is 0 Å². The van der Waals surface area contributed by atoms with E-state index in [9.17, 15) is 0 Å². The standard InChI is InChI=1S/C21H26N4.HI/c1-17-8-3-4-10-19(17)16-24-21(22-2)23-15-18-9-7-11-20(14-18)25-12-5-6-13-25;/h3-11,14H,12-13,15-16H2,1-2H3,(H2,22,23,24);1H. The molecule has 0 fully saturated rings. The van der Waals surface area contributed by atoms with Crippen LogP contribution in [0.5, 0.6) is 0 Å². The van der Waals surface area contributed by atoms with Gasteiger partial charge in [0.15, 0.2) is 5.96 Å². The van der Waals surface area contributed by atoms with E-state index in [1.165, 1.54) is 22.4 Å². The first-order valence-corrected chi connectivity index (χ1v) is 8.74. The van der Waals surface area contributed by atoms with Crippen molar-refractivity contribution in [3.63, 3.8) is 0 Å². The molecular weight excluding hydrogens is 435 g/mol. The fraction of sp³-hybridized carbons (Fsp3) is 0.286. The highest BCUT2D eigenvalue weighted by atomic mass is 127. The fourth-order valence-electron chi connectivity index (χ4n) is 2.95. The average molecular weight is 462 g/mol. The number of halogens is 1. The Morgan fingerprint density at radius 3 is 2.46 bits per heavy atom. The third-order valence-corrected chi connectivity index (χ3v) is 4.49. The van der Waals surface area contributed by atoms with Gasteiger partial charge < -0.3 is 15.5 Å². The number of aliphatic imine (C=N–C) groups is 1. The summed E-state index contributed by atoms with van der Waals surface area (Å²) in [6.07, 6.45) is 4.42. The van der Waals surface area contributed by atoms with Gasteiger partial charge in [-0.05, 0) is 35.7 Å². The molecule has 0 unspecified atom stereocenters. The molecule has 0 saturated heterocycles. The summed E-state index contributed by atoms with van der Waals surface area (Å²) in [5.74, 6) is 0.816. The van der Waals surface area contributed by atoms with Crippen LogP contribution < -0.4 is 15.5 Å². The Morgan fingerprint density at radius 1 is 1.00 bits per heavy atom. The number of rotatable bonds is 5. The number of anilines is 1. The summed E-state index contributed by atoms with van der Waals surface area (Å²) in [6, 6.07) is 17.1. The second-order valence-corrected chi connectivity index (χ2v) is 6.25. The molecule has 0 aromatic heterocycles. The lowest BCUT2D eigenvalue weighted by Crippen LogP contribution is -2.36. The van der Waals surface area contributed by atoms with Gasteiger partial charge in [0.2, 0.25) is 0 Å². The number of benzene rings is 2. The van der Waals surface area contributed by atoms with Crippen molar-refractivity contribution in [1.29, 1.82) is 0 Å². The normalized spacial score (nSPS) is 13.5. The van der Waals surface area contributed by atoms with Gasteiger partial charge in [0.1, 0.15) is 0 Å². The third-order valence-electron chi connectivity index (χ3n) is 4.49. The summed E-state index contributed by atoms with van der Waals surface area (Å²) >= 11 is 0. The molecular formula is C21H27IN4. The number of guanidine groups is 1. The third kappa shape index (κ3) is 5.49. The number of nitrogens with one attached hydrogen (secondary N) is 2. The van der Waals surface area contributed by atoms with Crippen molar-refractivity contribution in [2.45, 2.75) is 20.0 Å². The zero-order valence-corrected chi connectivity index (χ0v) is 17.7. The van der Waals surface area contributed by atoms with E-state index in [1.54, 1.807) is 7.05 Å². The van der Waals surface area contributed by atoms with Crippen molar-refractivity contribution in [2.24, 2.45) is 4.99 Å². The van der Waals surface area contributed by atoms with Crippen molar-refractivity contribution in [1.82, 2.24) is 10.6 Å². The molecule has 1 aliphatic rings. The summed E-state index contributed by atoms with van der Waals surface area (Å²) < 4.78 is 0. The molecule has 0 atom stereocenters. The zero-order valence-electron chi connectivity index (χ0n) is 15.4. The van der Waals surface area contributed by atoms with Crippen LogP contribution in [-0.4, -0.2) is 26.1 Å². The minimum atomic E-state index is 0. The lowest BCUT2D eigenvalue weighted by atomic mass is 10.1. The number of aryl methyl sites for hydroxylation is 1. The van der Waals surface area contributed by atoms with Crippen molar-refractivity contribution in [2.75, 3.05) is 25.0 Å². The second-order valence-electron chi connectivity index (χ2n) is 6.25. The highest BCUT2D eigenvalue weighted by Gasteiger charge is 2.08. The first-order valence-electron chi connectivity index (χ1n) is 8.74. The van der Waals surface area contributed by atoms with Gasteiger partial charge in [0, 0.05) is 38.9 Å². The monoisotopic (exact) mass is 462 g/mol. The van der Waals surface area contributed by atoms with E-state index < -0.39 is 0 Å². The minimum absolute atomic E-state index is 0. The van der Waals surface area contributed by atoms with E-state index in [2.05, 4.69) is 88.1 Å². The van der Waals surface area contributed by atoms with Gasteiger partial charge in [0.25, 0.3) is 0 Å². The molecule has 0 spiro atoms. The van der Waals surface area contributed by atoms with Gasteiger partial charge in [-0.3, -0.25) is 4.99 Å². The summed E-state index contributed by atoms with van der Waals surface area (Å²) in [4.78, 5) is 6.68. The Labute approximate surface area is 173 Å². The average Bonchev–Trinajstić information content (AvgIpc) is 3.18. The number of nitrogens with zero attached hydrogens (tertiary/aromatic N) is 2. The van der Waals surface area contributed by atoms with E-state index in [1.807, 2.05) is 0 Å². The van der Waals surface area contributed by atoms with Crippen molar-refractivity contribution < 1.29 is 0 Å². The highest BCUT2D eigenvalue weighted by Crippen LogP contribution is 2.18. The van der Waals surface area contributed by atoms with Gasteiger partial charge in [-0.1, -0.05) is 48.6 Å². The van der Waals surface area contributed by atoms with E-state index >= 15 is 0 Å². The largest absolute Gasteiger partial charge is 0.364 e. The maximum Gasteiger partial charge on any atom is 0.191 e. The van der Waals surface area contributed by atoms with Gasteiger partial charge >= 0.3 is 0 Å². The molecule has 3 rings (SSSR count). The summed E-state index contributed by atoms with van der Waals surface area (Å²) in [6.45, 7) is 5.65. The van der Waals surface area contributed by atoms with Crippen molar-refractivity contribution in [3.05, 3.63) is 77.4 Å². The van der Waals surface area contributed by atoms with Crippen LogP contribution in [0.3, 0.4) is 0 Å². The molecule has 0 aliphatic carbocycles. The first kappa shape index (κ1) is 20.3. The van der Waals surface area contributed by atoms with Crippen LogP contribution >= 0.6 is 24.0 Å². The van der Waals surface area contributed by atoms with Crippen molar-refractivity contribution in [3.8, 4) is 0 Å². The maximum atomic E-state index is 4.32. The topological polar surface area (TPSA) is 39.7 Å². The molecule has 1 heterocycles. The van der Waals surface area contributed by atoms with Crippen LogP contribution in [0, 0.1) is 6.92 Å². The smallest absolute Gasteiger partial charge is 0.191 e. The number of hydrogen-bond acceptors (Lipinski definition) is 2. The summed E-state index contributed by atoms with van der Waals surface area (Å²) in [5, 5.41) is 6.78. The van der Waals surface area contributed by atoms with E-state index in [0.29, 0.717) is 0 Å². The molecule has 1 aliphatic heterocycles. The Bertz CT molecular complexity index is 762. The van der Waals surface area contributed by atoms with Crippen LogP contribution in [0.25, 0.3) is 0 Å². The van der Waals surface area contributed by atoms with E-state index in [-0.39, 0.29) is 24.0 Å². The second kappa shape index (κ2) is 10.2. The molecule has 26 heavy (non-hydrogen) atoms. The quantitative estimate of drug-likeness (QED) is 0.307. The fourth-order valence-corrected chi connectivity index (χ4v) is 2.95. The summed E-state index contributed by atoms with van der Waals surface area (Å²) in [5.41, 5.74) is 5.10. The predicted octanol–water partition coefficient (Wildman–Crippen LogP) is 3.85. The van der Waals surface area contributed by atoms with Crippen LogP contribution in [0.15, 0.2) is 65.7 Å². The van der Waals surface area contributed by atoms with E-state index in [4.69, 9.17) is 0 Å². The molecule has 5 heteroatoms. The van der Waals surface area contributed by atoms with Crippen molar-refractivity contribution >= 4 is 35.6 Å². The Balaban J connectivity index is 0.00000243. The SMILES string of the molecule is CN=C(NCc1cccc(N2CC=CC2)c1)NCc1ccccc1C.I. The molecule has 0 bridgehead atoms. The Morgan fingerprint density at radius 2 is 1.73 bits per heavy atom. The molecule has 2 aromatic rings. The molecule has 2 aromatic carbocycles. The number of hydrogen-bond donors (Lipinski definition) is 2. The lowest BCUT2D eigenvalue weighted by Gasteiger charge is -2.19. The molecule has 138 valence electrons. The highest BCUT2D eigenvalue weighted by molar-refractivity contribution is 14.0.